The zero-order valence-corrected chi connectivity index (χ0v) is 12.9. The van der Waals surface area contributed by atoms with Crippen molar-refractivity contribution in [1.82, 2.24) is 0 Å². The summed E-state index contributed by atoms with van der Waals surface area (Å²) in [5.41, 5.74) is 1.76. The first-order chi connectivity index (χ1) is 11.0. The molecule has 0 aliphatic carbocycles. The first kappa shape index (κ1) is 16.6. The zero-order valence-electron chi connectivity index (χ0n) is 12.9. The van der Waals surface area contributed by atoms with E-state index in [4.69, 9.17) is 4.74 Å². The van der Waals surface area contributed by atoms with Crippen LogP contribution < -0.4 is 0 Å². The fraction of sp³-hybridized carbons (Fsp3) is 0.158. The van der Waals surface area contributed by atoms with Crippen molar-refractivity contribution < 1.29 is 19.4 Å². The number of rotatable bonds is 6. The summed E-state index contributed by atoms with van der Waals surface area (Å²) in [6.45, 7) is 5.57. The van der Waals surface area contributed by atoms with E-state index in [2.05, 4.69) is 6.58 Å². The van der Waals surface area contributed by atoms with Crippen LogP contribution in [0.3, 0.4) is 0 Å². The van der Waals surface area contributed by atoms with Gasteiger partial charge >= 0.3 is 5.97 Å². The minimum atomic E-state index is -1.45. The molecule has 0 aliphatic rings. The molecule has 0 bridgehead atoms. The van der Waals surface area contributed by atoms with Crippen LogP contribution in [0.5, 0.6) is 0 Å². The second kappa shape index (κ2) is 7.51. The van der Waals surface area contributed by atoms with Gasteiger partial charge in [-0.2, -0.15) is 0 Å². The number of aliphatic hydroxyl groups is 1. The highest BCUT2D eigenvalue weighted by molar-refractivity contribution is 6.09. The lowest BCUT2D eigenvalue weighted by molar-refractivity contribution is -0.149. The molecule has 23 heavy (non-hydrogen) atoms. The number of ether oxygens (including phenoxy) is 1. The molecule has 1 N–H and O–H groups in total. The quantitative estimate of drug-likeness (QED) is 0.658. The minimum absolute atomic E-state index is 0.133. The normalized spacial score (nSPS) is 11.6. The van der Waals surface area contributed by atoms with Gasteiger partial charge in [-0.1, -0.05) is 55.1 Å². The summed E-state index contributed by atoms with van der Waals surface area (Å²) >= 11 is 0. The number of hydrogen-bond donors (Lipinski definition) is 1. The van der Waals surface area contributed by atoms with Crippen LogP contribution in [0, 0.1) is 0 Å². The van der Waals surface area contributed by atoms with E-state index < -0.39 is 12.1 Å². The van der Waals surface area contributed by atoms with Crippen LogP contribution in [0.4, 0.5) is 0 Å². The fourth-order valence-corrected chi connectivity index (χ4v) is 2.14. The molecule has 4 nitrogen and oxygen atoms in total. The van der Waals surface area contributed by atoms with Gasteiger partial charge in [-0.05, 0) is 24.1 Å². The van der Waals surface area contributed by atoms with Crippen molar-refractivity contribution in [1.29, 1.82) is 0 Å². The van der Waals surface area contributed by atoms with E-state index in [1.807, 2.05) is 6.07 Å². The summed E-state index contributed by atoms with van der Waals surface area (Å²) in [5, 5.41) is 9.96. The van der Waals surface area contributed by atoms with E-state index in [1.54, 1.807) is 55.5 Å². The summed E-state index contributed by atoms with van der Waals surface area (Å²) in [5.74, 6) is -0.886. The lowest BCUT2D eigenvalue weighted by Gasteiger charge is -2.13. The Morgan fingerprint density at radius 3 is 2.30 bits per heavy atom. The van der Waals surface area contributed by atoms with Gasteiger partial charge in [0.05, 0.1) is 6.61 Å². The molecule has 0 fully saturated rings. The largest absolute Gasteiger partial charge is 0.464 e. The number of ketones is 1. The smallest absolute Gasteiger partial charge is 0.339 e. The van der Waals surface area contributed by atoms with E-state index in [1.165, 1.54) is 0 Å². The van der Waals surface area contributed by atoms with Crippen molar-refractivity contribution in [3.63, 3.8) is 0 Å². The predicted octanol–water partition coefficient (Wildman–Crippen LogP) is 2.85. The molecule has 0 radical (unpaired) electrons. The summed E-state index contributed by atoms with van der Waals surface area (Å²) in [6.07, 6.45) is -1.45. The first-order valence-corrected chi connectivity index (χ1v) is 7.28. The average Bonchev–Trinajstić information content (AvgIpc) is 2.60. The van der Waals surface area contributed by atoms with Gasteiger partial charge in [0.25, 0.3) is 0 Å². The number of benzene rings is 2. The molecule has 0 amide bonds. The summed E-state index contributed by atoms with van der Waals surface area (Å²) in [4.78, 5) is 24.0. The number of aliphatic hydroxyl groups excluding tert-OH is 1. The Kier molecular flexibility index (Phi) is 5.44. The highest BCUT2D eigenvalue weighted by Gasteiger charge is 2.21. The summed E-state index contributed by atoms with van der Waals surface area (Å²) < 4.78 is 4.78. The minimum Gasteiger partial charge on any atom is -0.464 e. The SMILES string of the molecule is C=C(c1cccc(C(=O)c2ccccc2)c1)C(O)C(=O)OCC. The van der Waals surface area contributed by atoms with Crippen LogP contribution in [-0.4, -0.2) is 29.6 Å². The maximum Gasteiger partial charge on any atom is 0.339 e. The molecular formula is C19H18O4. The average molecular weight is 310 g/mol. The molecular weight excluding hydrogens is 292 g/mol. The zero-order chi connectivity index (χ0) is 16.8. The van der Waals surface area contributed by atoms with Gasteiger partial charge in [-0.25, -0.2) is 4.79 Å². The van der Waals surface area contributed by atoms with E-state index in [-0.39, 0.29) is 18.0 Å². The second-order valence-electron chi connectivity index (χ2n) is 4.96. The summed E-state index contributed by atoms with van der Waals surface area (Å²) in [7, 11) is 0. The van der Waals surface area contributed by atoms with Crippen molar-refractivity contribution in [2.45, 2.75) is 13.0 Å². The van der Waals surface area contributed by atoms with Crippen molar-refractivity contribution in [3.05, 3.63) is 77.9 Å². The molecule has 1 atom stereocenters. The van der Waals surface area contributed by atoms with Gasteiger partial charge in [0.2, 0.25) is 0 Å². The Balaban J connectivity index is 2.25. The Morgan fingerprint density at radius 2 is 1.65 bits per heavy atom. The van der Waals surface area contributed by atoms with Gasteiger partial charge in [0.15, 0.2) is 11.9 Å². The lowest BCUT2D eigenvalue weighted by atomic mass is 9.96. The fourth-order valence-electron chi connectivity index (χ4n) is 2.14. The second-order valence-corrected chi connectivity index (χ2v) is 4.96. The molecule has 2 rings (SSSR count). The molecule has 0 aromatic heterocycles. The van der Waals surface area contributed by atoms with Gasteiger partial charge in [-0.3, -0.25) is 4.79 Å². The van der Waals surface area contributed by atoms with Gasteiger partial charge < -0.3 is 9.84 Å². The molecule has 118 valence electrons. The topological polar surface area (TPSA) is 63.6 Å². The van der Waals surface area contributed by atoms with Crippen LogP contribution in [0.25, 0.3) is 5.57 Å². The maximum absolute atomic E-state index is 12.4. The third-order valence-corrected chi connectivity index (χ3v) is 3.37. The van der Waals surface area contributed by atoms with E-state index >= 15 is 0 Å². The molecule has 2 aromatic rings. The predicted molar refractivity (Wildman–Crippen MR) is 88.0 cm³/mol. The van der Waals surface area contributed by atoms with Crippen LogP contribution in [0.1, 0.15) is 28.4 Å². The molecule has 0 aliphatic heterocycles. The number of carbonyl (C=O) groups excluding carboxylic acids is 2. The monoisotopic (exact) mass is 310 g/mol. The maximum atomic E-state index is 12.4. The van der Waals surface area contributed by atoms with Crippen molar-refractivity contribution in [2.75, 3.05) is 6.61 Å². The highest BCUT2D eigenvalue weighted by Crippen LogP contribution is 2.20. The molecule has 0 spiro atoms. The Labute approximate surface area is 135 Å². The standard InChI is InChI=1S/C19H18O4/c1-3-23-19(22)17(20)13(2)15-10-7-11-16(12-15)18(21)14-8-5-4-6-9-14/h4-12,17,20H,2-3H2,1H3. The lowest BCUT2D eigenvalue weighted by Crippen LogP contribution is -2.24. The Hall–Kier alpha value is -2.72. The Bertz CT molecular complexity index is 719. The van der Waals surface area contributed by atoms with E-state index in [9.17, 15) is 14.7 Å². The molecule has 0 heterocycles. The van der Waals surface area contributed by atoms with Crippen molar-refractivity contribution in [3.8, 4) is 0 Å². The number of hydrogen-bond acceptors (Lipinski definition) is 4. The van der Waals surface area contributed by atoms with Crippen LogP contribution in [0.15, 0.2) is 61.2 Å². The first-order valence-electron chi connectivity index (χ1n) is 7.28. The van der Waals surface area contributed by atoms with Gasteiger partial charge in [0.1, 0.15) is 0 Å². The number of carbonyl (C=O) groups is 2. The van der Waals surface area contributed by atoms with E-state index in [0.717, 1.165) is 0 Å². The van der Waals surface area contributed by atoms with Crippen LogP contribution in [-0.2, 0) is 9.53 Å². The van der Waals surface area contributed by atoms with Crippen LogP contribution >= 0.6 is 0 Å². The summed E-state index contributed by atoms with van der Waals surface area (Å²) in [6, 6.07) is 15.6. The highest BCUT2D eigenvalue weighted by atomic mass is 16.5. The van der Waals surface area contributed by atoms with Crippen LogP contribution in [0.2, 0.25) is 0 Å². The van der Waals surface area contributed by atoms with E-state index in [0.29, 0.717) is 16.7 Å². The Morgan fingerprint density at radius 1 is 1.04 bits per heavy atom. The molecule has 0 saturated heterocycles. The van der Waals surface area contributed by atoms with Crippen molar-refractivity contribution in [2.24, 2.45) is 0 Å². The van der Waals surface area contributed by atoms with Gasteiger partial charge in [-0.15, -0.1) is 0 Å². The molecule has 0 saturated carbocycles. The molecule has 1 unspecified atom stereocenters. The molecule has 2 aromatic carbocycles. The van der Waals surface area contributed by atoms with Gasteiger partial charge in [0, 0.05) is 11.1 Å². The number of esters is 1. The van der Waals surface area contributed by atoms with Crippen molar-refractivity contribution >= 4 is 17.3 Å². The third kappa shape index (κ3) is 3.93. The molecule has 4 heteroatoms. The third-order valence-electron chi connectivity index (χ3n) is 3.37.